The van der Waals surface area contributed by atoms with Gasteiger partial charge < -0.3 is 19.3 Å². The molecule has 1 aliphatic rings. The summed E-state index contributed by atoms with van der Waals surface area (Å²) in [6, 6.07) is 19.9. The van der Waals surface area contributed by atoms with Crippen molar-refractivity contribution in [2.75, 3.05) is 26.3 Å². The van der Waals surface area contributed by atoms with E-state index in [1.54, 1.807) is 0 Å². The minimum Gasteiger partial charge on any atom is -0.439 e. The number of aromatic nitrogens is 2. The highest BCUT2D eigenvalue weighted by Gasteiger charge is 2.26. The molecule has 194 valence electrons. The Labute approximate surface area is 214 Å². The predicted octanol–water partition coefficient (Wildman–Crippen LogP) is 4.99. The highest BCUT2D eigenvalue weighted by Crippen LogP contribution is 2.32. The van der Waals surface area contributed by atoms with Crippen LogP contribution < -0.4 is 4.74 Å². The lowest BCUT2D eigenvalue weighted by Crippen LogP contribution is -2.39. The SMILES string of the molecule is CCc1nn(-c2ccccc2)c(Oc2ccccc2)c1CN(C[C@H](O)COC(C)C)C[C@H]1CCCO1. The van der Waals surface area contributed by atoms with Crippen LogP contribution in [0.25, 0.3) is 5.69 Å². The monoisotopic (exact) mass is 493 g/mol. The minimum absolute atomic E-state index is 0.0768. The van der Waals surface area contributed by atoms with E-state index < -0.39 is 6.10 Å². The van der Waals surface area contributed by atoms with Gasteiger partial charge in [-0.1, -0.05) is 43.3 Å². The smallest absolute Gasteiger partial charge is 0.227 e. The van der Waals surface area contributed by atoms with Gasteiger partial charge in [-0.2, -0.15) is 5.10 Å². The van der Waals surface area contributed by atoms with E-state index in [9.17, 15) is 5.11 Å². The Bertz CT molecular complexity index is 1050. The van der Waals surface area contributed by atoms with Crippen LogP contribution in [0.15, 0.2) is 60.7 Å². The molecule has 1 aliphatic heterocycles. The quantitative estimate of drug-likeness (QED) is 0.362. The summed E-state index contributed by atoms with van der Waals surface area (Å²) in [4.78, 5) is 2.26. The Balaban J connectivity index is 1.66. The zero-order chi connectivity index (χ0) is 25.3. The molecular weight excluding hydrogens is 454 g/mol. The van der Waals surface area contributed by atoms with E-state index in [0.29, 0.717) is 25.6 Å². The van der Waals surface area contributed by atoms with Gasteiger partial charge in [-0.3, -0.25) is 4.90 Å². The third-order valence-electron chi connectivity index (χ3n) is 6.27. The molecule has 0 aliphatic carbocycles. The molecule has 0 amide bonds. The van der Waals surface area contributed by atoms with Crippen LogP contribution in [0.5, 0.6) is 11.6 Å². The van der Waals surface area contributed by atoms with Crippen LogP contribution in [0.3, 0.4) is 0 Å². The van der Waals surface area contributed by atoms with Crippen LogP contribution in [0.1, 0.15) is 44.9 Å². The lowest BCUT2D eigenvalue weighted by atomic mass is 10.1. The molecule has 1 fully saturated rings. The van der Waals surface area contributed by atoms with Crippen molar-refractivity contribution in [3.05, 3.63) is 71.9 Å². The van der Waals surface area contributed by atoms with E-state index in [1.807, 2.05) is 79.2 Å². The van der Waals surface area contributed by atoms with Gasteiger partial charge in [0.2, 0.25) is 5.88 Å². The second kappa shape index (κ2) is 13.0. The second-order valence-corrected chi connectivity index (χ2v) is 9.61. The van der Waals surface area contributed by atoms with Crippen molar-refractivity contribution in [3.8, 4) is 17.3 Å². The van der Waals surface area contributed by atoms with Crippen LogP contribution >= 0.6 is 0 Å². The van der Waals surface area contributed by atoms with Gasteiger partial charge in [-0.15, -0.1) is 0 Å². The molecule has 2 atom stereocenters. The van der Waals surface area contributed by atoms with E-state index in [-0.39, 0.29) is 12.2 Å². The average molecular weight is 494 g/mol. The van der Waals surface area contributed by atoms with Gasteiger partial charge in [-0.25, -0.2) is 4.68 Å². The summed E-state index contributed by atoms with van der Waals surface area (Å²) in [5.74, 6) is 1.46. The van der Waals surface area contributed by atoms with Crippen molar-refractivity contribution in [2.24, 2.45) is 0 Å². The molecule has 36 heavy (non-hydrogen) atoms. The fourth-order valence-electron chi connectivity index (χ4n) is 4.53. The number of nitrogens with zero attached hydrogens (tertiary/aromatic N) is 3. The standard InChI is InChI=1S/C29H39N3O4/c1-4-28-27(20-31(19-26-16-11-17-34-26)18-24(33)21-35-22(2)3)29(36-25-14-9-6-10-15-25)32(30-28)23-12-7-5-8-13-23/h5-10,12-15,22,24,26,33H,4,11,16-21H2,1-3H3/t24-,26+/m0/s1. The summed E-state index contributed by atoms with van der Waals surface area (Å²) in [6.07, 6.45) is 2.52. The van der Waals surface area contributed by atoms with E-state index in [0.717, 1.165) is 55.1 Å². The van der Waals surface area contributed by atoms with Crippen molar-refractivity contribution in [3.63, 3.8) is 0 Å². The fraction of sp³-hybridized carbons (Fsp3) is 0.483. The Morgan fingerprint density at radius 1 is 1.11 bits per heavy atom. The first-order chi connectivity index (χ1) is 17.5. The van der Waals surface area contributed by atoms with Crippen LogP contribution in [-0.2, 0) is 22.4 Å². The Morgan fingerprint density at radius 2 is 1.83 bits per heavy atom. The topological polar surface area (TPSA) is 69.0 Å². The molecule has 4 rings (SSSR count). The van der Waals surface area contributed by atoms with Gasteiger partial charge in [0.05, 0.1) is 41.9 Å². The first kappa shape index (κ1) is 26.4. The van der Waals surface area contributed by atoms with Crippen LogP contribution in [0.2, 0.25) is 0 Å². The number of hydrogen-bond acceptors (Lipinski definition) is 6. The van der Waals surface area contributed by atoms with E-state index >= 15 is 0 Å². The Hall–Kier alpha value is -2.71. The molecular formula is C29H39N3O4. The molecule has 0 spiro atoms. The molecule has 2 heterocycles. The summed E-state index contributed by atoms with van der Waals surface area (Å²) >= 11 is 0. The van der Waals surface area contributed by atoms with Gasteiger partial charge in [0.1, 0.15) is 5.75 Å². The third kappa shape index (κ3) is 7.17. The third-order valence-corrected chi connectivity index (χ3v) is 6.27. The number of aliphatic hydroxyl groups excluding tert-OH is 1. The molecule has 0 saturated carbocycles. The summed E-state index contributed by atoms with van der Waals surface area (Å²) in [7, 11) is 0. The van der Waals surface area contributed by atoms with Crippen LogP contribution in [0, 0.1) is 0 Å². The molecule has 0 radical (unpaired) electrons. The first-order valence-corrected chi connectivity index (χ1v) is 13.1. The Morgan fingerprint density at radius 3 is 2.47 bits per heavy atom. The molecule has 7 heteroatoms. The number of aryl methyl sites for hydroxylation is 1. The van der Waals surface area contributed by atoms with E-state index in [1.165, 1.54) is 0 Å². The van der Waals surface area contributed by atoms with Crippen molar-refractivity contribution in [1.29, 1.82) is 0 Å². The lowest BCUT2D eigenvalue weighted by Gasteiger charge is -2.28. The zero-order valence-corrected chi connectivity index (χ0v) is 21.7. The van der Waals surface area contributed by atoms with Crippen molar-refractivity contribution >= 4 is 0 Å². The number of ether oxygens (including phenoxy) is 3. The number of aliphatic hydroxyl groups is 1. The van der Waals surface area contributed by atoms with Gasteiger partial charge in [-0.05, 0) is 57.4 Å². The minimum atomic E-state index is -0.596. The number of rotatable bonds is 13. The summed E-state index contributed by atoms with van der Waals surface area (Å²) in [5.41, 5.74) is 2.95. The Kier molecular flexibility index (Phi) is 9.53. The molecule has 1 aromatic heterocycles. The van der Waals surface area contributed by atoms with Gasteiger partial charge in [0.15, 0.2) is 0 Å². The highest BCUT2D eigenvalue weighted by molar-refractivity contribution is 5.43. The van der Waals surface area contributed by atoms with Gasteiger partial charge in [0.25, 0.3) is 0 Å². The maximum absolute atomic E-state index is 10.8. The van der Waals surface area contributed by atoms with Crippen molar-refractivity contribution < 1.29 is 19.3 Å². The number of hydrogen-bond donors (Lipinski definition) is 1. The first-order valence-electron chi connectivity index (χ1n) is 13.1. The molecule has 0 unspecified atom stereocenters. The van der Waals surface area contributed by atoms with Gasteiger partial charge >= 0.3 is 0 Å². The number of para-hydroxylation sites is 2. The van der Waals surface area contributed by atoms with Gasteiger partial charge in [0, 0.05) is 26.2 Å². The number of benzene rings is 2. The zero-order valence-electron chi connectivity index (χ0n) is 21.7. The predicted molar refractivity (Wildman–Crippen MR) is 141 cm³/mol. The second-order valence-electron chi connectivity index (χ2n) is 9.61. The van der Waals surface area contributed by atoms with Crippen molar-refractivity contribution in [2.45, 2.75) is 64.9 Å². The molecule has 7 nitrogen and oxygen atoms in total. The molecule has 3 aromatic rings. The average Bonchev–Trinajstić information content (AvgIpc) is 3.52. The van der Waals surface area contributed by atoms with Crippen LogP contribution in [-0.4, -0.2) is 64.4 Å². The molecule has 2 aromatic carbocycles. The molecule has 1 N–H and O–H groups in total. The fourth-order valence-corrected chi connectivity index (χ4v) is 4.53. The summed E-state index contributed by atoms with van der Waals surface area (Å²) in [5, 5.41) is 15.7. The van der Waals surface area contributed by atoms with Crippen LogP contribution in [0.4, 0.5) is 0 Å². The maximum Gasteiger partial charge on any atom is 0.227 e. The lowest BCUT2D eigenvalue weighted by molar-refractivity contribution is -0.0173. The maximum atomic E-state index is 10.8. The van der Waals surface area contributed by atoms with Crippen molar-refractivity contribution in [1.82, 2.24) is 14.7 Å². The molecule has 0 bridgehead atoms. The molecule has 1 saturated heterocycles. The highest BCUT2D eigenvalue weighted by atomic mass is 16.5. The summed E-state index contributed by atoms with van der Waals surface area (Å²) in [6.45, 7) is 8.99. The normalized spacial score (nSPS) is 16.7. The summed E-state index contributed by atoms with van der Waals surface area (Å²) < 4.78 is 20.0. The van der Waals surface area contributed by atoms with E-state index in [2.05, 4.69) is 11.8 Å². The van der Waals surface area contributed by atoms with E-state index in [4.69, 9.17) is 19.3 Å². The largest absolute Gasteiger partial charge is 0.439 e.